The smallest absolute Gasteiger partial charge is 0.340 e. The lowest BCUT2D eigenvalue weighted by atomic mass is 10.2. The van der Waals surface area contributed by atoms with E-state index in [1.807, 2.05) is 43.5 Å². The minimum Gasteiger partial charge on any atom is -0.449 e. The Morgan fingerprint density at radius 3 is 2.71 bits per heavy atom. The SMILES string of the molecule is Cc1cc(C(=O)OC(C)c2nnc(-c3cccs3)o2)c(C)n1Cc1cccs1. The molecule has 8 heteroatoms. The van der Waals surface area contributed by atoms with Crippen LogP contribution in [0.25, 0.3) is 10.8 Å². The number of carbonyl (C=O) groups excluding carboxylic acids is 1. The summed E-state index contributed by atoms with van der Waals surface area (Å²) in [5.41, 5.74) is 2.45. The van der Waals surface area contributed by atoms with E-state index in [1.54, 1.807) is 18.3 Å². The Morgan fingerprint density at radius 1 is 1.21 bits per heavy atom. The highest BCUT2D eigenvalue weighted by atomic mass is 32.1. The van der Waals surface area contributed by atoms with Crippen LogP contribution in [0, 0.1) is 13.8 Å². The average Bonchev–Trinajstić information content (AvgIpc) is 3.45. The van der Waals surface area contributed by atoms with Gasteiger partial charge in [-0.15, -0.1) is 32.9 Å². The molecule has 0 bridgehead atoms. The monoisotopic (exact) mass is 413 g/mol. The minimum absolute atomic E-state index is 0.282. The summed E-state index contributed by atoms with van der Waals surface area (Å²) >= 11 is 3.21. The van der Waals surface area contributed by atoms with E-state index in [2.05, 4.69) is 26.2 Å². The molecular formula is C20H19N3O3S2. The summed E-state index contributed by atoms with van der Waals surface area (Å²) in [7, 11) is 0. The van der Waals surface area contributed by atoms with Crippen molar-refractivity contribution in [3.05, 3.63) is 68.8 Å². The molecule has 0 saturated heterocycles. The van der Waals surface area contributed by atoms with E-state index in [9.17, 15) is 4.79 Å². The fourth-order valence-electron chi connectivity index (χ4n) is 2.98. The van der Waals surface area contributed by atoms with Gasteiger partial charge in [0.2, 0.25) is 0 Å². The normalized spacial score (nSPS) is 12.2. The van der Waals surface area contributed by atoms with Crippen LogP contribution in [0.15, 0.2) is 45.5 Å². The van der Waals surface area contributed by atoms with E-state index in [-0.39, 0.29) is 5.89 Å². The van der Waals surface area contributed by atoms with E-state index in [0.29, 0.717) is 11.5 Å². The molecule has 0 fully saturated rings. The Kier molecular flexibility index (Phi) is 5.15. The van der Waals surface area contributed by atoms with Gasteiger partial charge < -0.3 is 13.7 Å². The summed E-state index contributed by atoms with van der Waals surface area (Å²) < 4.78 is 13.4. The first-order chi connectivity index (χ1) is 13.5. The maximum Gasteiger partial charge on any atom is 0.340 e. The molecule has 144 valence electrons. The fraction of sp³-hybridized carbons (Fsp3) is 0.250. The second-order valence-electron chi connectivity index (χ2n) is 6.42. The van der Waals surface area contributed by atoms with Gasteiger partial charge in [0.05, 0.1) is 17.0 Å². The highest BCUT2D eigenvalue weighted by molar-refractivity contribution is 7.13. The lowest BCUT2D eigenvalue weighted by Crippen LogP contribution is -2.11. The van der Waals surface area contributed by atoms with Crippen molar-refractivity contribution in [1.29, 1.82) is 0 Å². The van der Waals surface area contributed by atoms with Crippen LogP contribution >= 0.6 is 22.7 Å². The fourth-order valence-corrected chi connectivity index (χ4v) is 4.32. The number of ether oxygens (including phenoxy) is 1. The number of aryl methyl sites for hydroxylation is 1. The van der Waals surface area contributed by atoms with Crippen molar-refractivity contribution in [1.82, 2.24) is 14.8 Å². The van der Waals surface area contributed by atoms with Gasteiger partial charge in [-0.3, -0.25) is 0 Å². The number of hydrogen-bond donors (Lipinski definition) is 0. The zero-order valence-electron chi connectivity index (χ0n) is 15.7. The molecule has 0 aromatic carbocycles. The van der Waals surface area contributed by atoms with E-state index in [0.717, 1.165) is 22.8 Å². The van der Waals surface area contributed by atoms with Gasteiger partial charge in [0.25, 0.3) is 11.8 Å². The molecule has 0 saturated carbocycles. The molecular weight excluding hydrogens is 394 g/mol. The molecule has 0 aliphatic heterocycles. The molecule has 0 aliphatic rings. The lowest BCUT2D eigenvalue weighted by Gasteiger charge is -2.10. The van der Waals surface area contributed by atoms with E-state index >= 15 is 0 Å². The van der Waals surface area contributed by atoms with Crippen molar-refractivity contribution in [2.24, 2.45) is 0 Å². The Bertz CT molecular complexity index is 1080. The zero-order chi connectivity index (χ0) is 19.7. The summed E-state index contributed by atoms with van der Waals surface area (Å²) in [6.07, 6.45) is -0.630. The molecule has 0 amide bonds. The Labute approximate surface area is 170 Å². The van der Waals surface area contributed by atoms with Crippen LogP contribution in [0.2, 0.25) is 0 Å². The van der Waals surface area contributed by atoms with E-state index in [1.165, 1.54) is 16.2 Å². The summed E-state index contributed by atoms with van der Waals surface area (Å²) in [6, 6.07) is 9.80. The zero-order valence-corrected chi connectivity index (χ0v) is 17.3. The molecule has 4 rings (SSSR count). The second-order valence-corrected chi connectivity index (χ2v) is 8.40. The van der Waals surface area contributed by atoms with Crippen molar-refractivity contribution in [3.63, 3.8) is 0 Å². The molecule has 0 N–H and O–H groups in total. The molecule has 4 aromatic heterocycles. The maximum atomic E-state index is 12.7. The van der Waals surface area contributed by atoms with Crippen LogP contribution in [0.4, 0.5) is 0 Å². The average molecular weight is 414 g/mol. The number of hydrogen-bond acceptors (Lipinski definition) is 7. The maximum absolute atomic E-state index is 12.7. The van der Waals surface area contributed by atoms with Crippen molar-refractivity contribution in [3.8, 4) is 10.8 Å². The molecule has 1 atom stereocenters. The summed E-state index contributed by atoms with van der Waals surface area (Å²) in [4.78, 5) is 14.9. The third-order valence-electron chi connectivity index (χ3n) is 4.49. The number of nitrogens with zero attached hydrogens (tertiary/aromatic N) is 3. The van der Waals surface area contributed by atoms with Crippen LogP contribution < -0.4 is 0 Å². The molecule has 0 aliphatic carbocycles. The Morgan fingerprint density at radius 2 is 2.00 bits per heavy atom. The number of aromatic nitrogens is 3. The molecule has 4 aromatic rings. The molecule has 0 radical (unpaired) electrons. The van der Waals surface area contributed by atoms with Crippen LogP contribution in [0.5, 0.6) is 0 Å². The third kappa shape index (κ3) is 3.65. The predicted molar refractivity (Wildman–Crippen MR) is 109 cm³/mol. The van der Waals surface area contributed by atoms with Gasteiger partial charge in [-0.05, 0) is 49.7 Å². The summed E-state index contributed by atoms with van der Waals surface area (Å²) in [6.45, 7) is 6.40. The third-order valence-corrected chi connectivity index (χ3v) is 6.21. The highest BCUT2D eigenvalue weighted by Gasteiger charge is 2.23. The molecule has 28 heavy (non-hydrogen) atoms. The lowest BCUT2D eigenvalue weighted by molar-refractivity contribution is 0.0279. The number of rotatable bonds is 6. The minimum atomic E-state index is -0.630. The van der Waals surface area contributed by atoms with Gasteiger partial charge in [0.1, 0.15) is 0 Å². The van der Waals surface area contributed by atoms with Crippen LogP contribution in [0.1, 0.15) is 45.5 Å². The summed E-state index contributed by atoms with van der Waals surface area (Å²) in [5, 5.41) is 12.0. The summed E-state index contributed by atoms with van der Waals surface area (Å²) in [5.74, 6) is 0.320. The van der Waals surface area contributed by atoms with Crippen LogP contribution in [0.3, 0.4) is 0 Å². The first kappa shape index (κ1) is 18.6. The van der Waals surface area contributed by atoms with Gasteiger partial charge in [0.15, 0.2) is 6.10 Å². The predicted octanol–water partition coefficient (Wildman–Crippen LogP) is 5.24. The first-order valence-electron chi connectivity index (χ1n) is 8.80. The van der Waals surface area contributed by atoms with Gasteiger partial charge in [-0.1, -0.05) is 12.1 Å². The number of thiophene rings is 2. The molecule has 0 spiro atoms. The topological polar surface area (TPSA) is 70.2 Å². The first-order valence-corrected chi connectivity index (χ1v) is 10.6. The molecule has 1 unspecified atom stereocenters. The van der Waals surface area contributed by atoms with Crippen LogP contribution in [-0.2, 0) is 11.3 Å². The van der Waals surface area contributed by atoms with Gasteiger partial charge in [0, 0.05) is 16.3 Å². The standard InChI is InChI=1S/C20H19N3O3S2/c1-12-10-16(13(2)23(12)11-15-6-4-8-27-15)20(24)25-14(3)18-21-22-19(26-18)17-7-5-9-28-17/h4-10,14H,11H2,1-3H3. The second kappa shape index (κ2) is 7.73. The Balaban J connectivity index is 1.49. The number of esters is 1. The molecule has 4 heterocycles. The van der Waals surface area contributed by atoms with Crippen molar-refractivity contribution < 1.29 is 13.9 Å². The van der Waals surface area contributed by atoms with Crippen molar-refractivity contribution in [2.75, 3.05) is 0 Å². The Hall–Kier alpha value is -2.71. The van der Waals surface area contributed by atoms with Crippen molar-refractivity contribution >= 4 is 28.6 Å². The van der Waals surface area contributed by atoms with Gasteiger partial charge in [-0.2, -0.15) is 0 Å². The van der Waals surface area contributed by atoms with Crippen molar-refractivity contribution in [2.45, 2.75) is 33.4 Å². The van der Waals surface area contributed by atoms with Crippen LogP contribution in [-0.4, -0.2) is 20.7 Å². The number of carbonyl (C=O) groups is 1. The van der Waals surface area contributed by atoms with Gasteiger partial charge >= 0.3 is 5.97 Å². The molecule has 6 nitrogen and oxygen atoms in total. The van der Waals surface area contributed by atoms with E-state index in [4.69, 9.17) is 9.15 Å². The highest BCUT2D eigenvalue weighted by Crippen LogP contribution is 2.27. The van der Waals surface area contributed by atoms with Gasteiger partial charge in [-0.25, -0.2) is 4.79 Å². The van der Waals surface area contributed by atoms with E-state index < -0.39 is 12.1 Å². The quantitative estimate of drug-likeness (QED) is 0.404. The largest absolute Gasteiger partial charge is 0.449 e.